The fraction of sp³-hybridized carbons (Fsp3) is 0.667. The standard InChI is InChI=1S/C9H16N4OS/c1-2-3-4-7(5-10)11-9(14)8-6-15-13-12-8/h6-7H,2-5,10H2,1H3,(H,11,14). The molecule has 84 valence electrons. The number of carbonyl (C=O) groups is 1. The van der Waals surface area contributed by atoms with Crippen LogP contribution in [0, 0.1) is 0 Å². The van der Waals surface area contributed by atoms with Gasteiger partial charge >= 0.3 is 0 Å². The van der Waals surface area contributed by atoms with E-state index in [-0.39, 0.29) is 11.9 Å². The van der Waals surface area contributed by atoms with Crippen LogP contribution in [0.5, 0.6) is 0 Å². The van der Waals surface area contributed by atoms with Gasteiger partial charge in [0.1, 0.15) is 0 Å². The van der Waals surface area contributed by atoms with E-state index >= 15 is 0 Å². The summed E-state index contributed by atoms with van der Waals surface area (Å²) in [6.07, 6.45) is 3.08. The first-order chi connectivity index (χ1) is 7.27. The third-order valence-electron chi connectivity index (χ3n) is 2.12. The first-order valence-electron chi connectivity index (χ1n) is 5.06. The van der Waals surface area contributed by atoms with E-state index in [9.17, 15) is 4.79 Å². The van der Waals surface area contributed by atoms with Crippen molar-refractivity contribution in [2.24, 2.45) is 5.73 Å². The SMILES string of the molecule is CCCCC(CN)NC(=O)c1csnn1. The molecule has 0 aliphatic carbocycles. The van der Waals surface area contributed by atoms with Crippen LogP contribution in [0.15, 0.2) is 5.38 Å². The van der Waals surface area contributed by atoms with Gasteiger partial charge in [-0.15, -0.1) is 5.10 Å². The number of aromatic nitrogens is 2. The summed E-state index contributed by atoms with van der Waals surface area (Å²) in [5, 5.41) is 8.17. The Labute approximate surface area is 93.2 Å². The van der Waals surface area contributed by atoms with Crippen LogP contribution < -0.4 is 11.1 Å². The zero-order chi connectivity index (χ0) is 11.1. The molecule has 1 aromatic heterocycles. The lowest BCUT2D eigenvalue weighted by Gasteiger charge is -2.15. The average molecular weight is 228 g/mol. The summed E-state index contributed by atoms with van der Waals surface area (Å²) in [6, 6.07) is 0.0409. The summed E-state index contributed by atoms with van der Waals surface area (Å²) in [5.74, 6) is -0.185. The molecule has 5 nitrogen and oxygen atoms in total. The van der Waals surface area contributed by atoms with E-state index in [1.807, 2.05) is 0 Å². The van der Waals surface area contributed by atoms with Crippen LogP contribution >= 0.6 is 11.5 Å². The number of nitrogens with one attached hydrogen (secondary N) is 1. The molecule has 15 heavy (non-hydrogen) atoms. The minimum Gasteiger partial charge on any atom is -0.347 e. The molecule has 1 atom stereocenters. The highest BCUT2D eigenvalue weighted by atomic mass is 32.1. The van der Waals surface area contributed by atoms with Gasteiger partial charge in [-0.1, -0.05) is 24.3 Å². The number of nitrogens with zero attached hydrogens (tertiary/aromatic N) is 2. The molecule has 0 radical (unpaired) electrons. The van der Waals surface area contributed by atoms with Crippen molar-refractivity contribution < 1.29 is 4.79 Å². The number of hydrogen-bond acceptors (Lipinski definition) is 5. The molecule has 0 saturated carbocycles. The Morgan fingerprint density at radius 3 is 3.07 bits per heavy atom. The largest absolute Gasteiger partial charge is 0.347 e. The van der Waals surface area contributed by atoms with Crippen molar-refractivity contribution in [2.75, 3.05) is 6.54 Å². The molecular weight excluding hydrogens is 212 g/mol. The van der Waals surface area contributed by atoms with E-state index in [2.05, 4.69) is 21.8 Å². The van der Waals surface area contributed by atoms with Gasteiger partial charge in [0.2, 0.25) is 0 Å². The summed E-state index contributed by atoms with van der Waals surface area (Å²) in [6.45, 7) is 2.57. The van der Waals surface area contributed by atoms with Crippen molar-refractivity contribution in [2.45, 2.75) is 32.2 Å². The summed E-state index contributed by atoms with van der Waals surface area (Å²) in [7, 11) is 0. The molecular formula is C9H16N4OS. The highest BCUT2D eigenvalue weighted by Gasteiger charge is 2.13. The van der Waals surface area contributed by atoms with Crippen molar-refractivity contribution in [1.82, 2.24) is 14.9 Å². The van der Waals surface area contributed by atoms with Gasteiger partial charge in [-0.3, -0.25) is 4.79 Å². The molecule has 1 heterocycles. The molecule has 0 spiro atoms. The van der Waals surface area contributed by atoms with Crippen LogP contribution in [0.3, 0.4) is 0 Å². The van der Waals surface area contributed by atoms with Gasteiger partial charge < -0.3 is 11.1 Å². The summed E-state index contributed by atoms with van der Waals surface area (Å²) >= 11 is 1.17. The molecule has 1 rings (SSSR count). The minimum atomic E-state index is -0.185. The van der Waals surface area contributed by atoms with Gasteiger partial charge in [-0.2, -0.15) is 0 Å². The van der Waals surface area contributed by atoms with Crippen molar-refractivity contribution in [3.63, 3.8) is 0 Å². The topological polar surface area (TPSA) is 80.9 Å². The maximum atomic E-state index is 11.6. The van der Waals surface area contributed by atoms with Gasteiger partial charge in [0.25, 0.3) is 5.91 Å². The van der Waals surface area contributed by atoms with Crippen LogP contribution in [0.1, 0.15) is 36.7 Å². The molecule has 1 aromatic rings. The Kier molecular flexibility index (Phi) is 5.20. The Balaban J connectivity index is 2.41. The Bertz CT molecular complexity index is 288. The van der Waals surface area contributed by atoms with Crippen molar-refractivity contribution in [3.8, 4) is 0 Å². The van der Waals surface area contributed by atoms with E-state index in [0.29, 0.717) is 12.2 Å². The number of amides is 1. The lowest BCUT2D eigenvalue weighted by Crippen LogP contribution is -2.40. The zero-order valence-corrected chi connectivity index (χ0v) is 9.59. The number of nitrogens with two attached hydrogens (primary N) is 1. The van der Waals surface area contributed by atoms with Crippen LogP contribution in [0.2, 0.25) is 0 Å². The zero-order valence-electron chi connectivity index (χ0n) is 8.77. The third-order valence-corrected chi connectivity index (χ3v) is 2.62. The molecule has 6 heteroatoms. The molecule has 0 saturated heterocycles. The van der Waals surface area contributed by atoms with Crippen molar-refractivity contribution in [1.29, 1.82) is 0 Å². The van der Waals surface area contributed by atoms with Crippen molar-refractivity contribution in [3.05, 3.63) is 11.1 Å². The predicted octanol–water partition coefficient (Wildman–Crippen LogP) is 0.785. The van der Waals surface area contributed by atoms with Crippen LogP contribution in [-0.4, -0.2) is 28.1 Å². The first-order valence-corrected chi connectivity index (χ1v) is 5.89. The fourth-order valence-corrected chi connectivity index (χ4v) is 1.66. The van der Waals surface area contributed by atoms with E-state index < -0.39 is 0 Å². The summed E-state index contributed by atoms with van der Waals surface area (Å²) < 4.78 is 3.64. The second-order valence-corrected chi connectivity index (χ2v) is 3.95. The Morgan fingerprint density at radius 1 is 1.73 bits per heavy atom. The molecule has 0 aliphatic rings. The van der Waals surface area contributed by atoms with Gasteiger partial charge in [-0.25, -0.2) is 0 Å². The molecule has 0 aliphatic heterocycles. The maximum Gasteiger partial charge on any atom is 0.272 e. The Morgan fingerprint density at radius 2 is 2.53 bits per heavy atom. The quantitative estimate of drug-likeness (QED) is 0.754. The van der Waals surface area contributed by atoms with Crippen molar-refractivity contribution >= 4 is 17.4 Å². The number of hydrogen-bond donors (Lipinski definition) is 2. The van der Waals surface area contributed by atoms with Gasteiger partial charge in [0, 0.05) is 18.0 Å². The molecule has 0 fully saturated rings. The second-order valence-electron chi connectivity index (χ2n) is 3.34. The molecule has 0 aromatic carbocycles. The van der Waals surface area contributed by atoms with Crippen LogP contribution in [0.25, 0.3) is 0 Å². The lowest BCUT2D eigenvalue weighted by molar-refractivity contribution is 0.0930. The fourth-order valence-electron chi connectivity index (χ4n) is 1.22. The van der Waals surface area contributed by atoms with E-state index in [1.54, 1.807) is 5.38 Å². The Hall–Kier alpha value is -1.01. The van der Waals surface area contributed by atoms with Gasteiger partial charge in [0.15, 0.2) is 5.69 Å². The molecule has 0 bridgehead atoms. The van der Waals surface area contributed by atoms with E-state index in [4.69, 9.17) is 5.73 Å². The predicted molar refractivity (Wildman–Crippen MR) is 59.7 cm³/mol. The third kappa shape index (κ3) is 3.93. The second kappa shape index (κ2) is 6.47. The minimum absolute atomic E-state index is 0.0409. The first kappa shape index (κ1) is 12.1. The smallest absolute Gasteiger partial charge is 0.272 e. The highest BCUT2D eigenvalue weighted by molar-refractivity contribution is 7.03. The number of rotatable bonds is 6. The average Bonchev–Trinajstić information content (AvgIpc) is 2.77. The number of carbonyl (C=O) groups excluding carboxylic acids is 1. The van der Waals surface area contributed by atoms with E-state index in [1.165, 1.54) is 11.5 Å². The van der Waals surface area contributed by atoms with Gasteiger partial charge in [0.05, 0.1) is 0 Å². The molecule has 1 unspecified atom stereocenters. The summed E-state index contributed by atoms with van der Waals surface area (Å²) in [4.78, 5) is 11.6. The molecule has 3 N–H and O–H groups in total. The highest BCUT2D eigenvalue weighted by Crippen LogP contribution is 2.02. The normalized spacial score (nSPS) is 12.4. The maximum absolute atomic E-state index is 11.6. The van der Waals surface area contributed by atoms with Crippen LogP contribution in [0.4, 0.5) is 0 Å². The van der Waals surface area contributed by atoms with E-state index in [0.717, 1.165) is 19.3 Å². The van der Waals surface area contributed by atoms with Crippen LogP contribution in [-0.2, 0) is 0 Å². The van der Waals surface area contributed by atoms with Gasteiger partial charge in [-0.05, 0) is 18.0 Å². The summed E-state index contributed by atoms with van der Waals surface area (Å²) in [5.41, 5.74) is 5.94. The lowest BCUT2D eigenvalue weighted by atomic mass is 10.1. The number of unbranched alkanes of at least 4 members (excludes halogenated alkanes) is 1. The molecule has 1 amide bonds. The monoisotopic (exact) mass is 228 g/mol.